The van der Waals surface area contributed by atoms with Crippen LogP contribution in [0.3, 0.4) is 0 Å². The van der Waals surface area contributed by atoms with Crippen LogP contribution in [0.4, 0.5) is 5.82 Å². The van der Waals surface area contributed by atoms with Crippen LogP contribution in [0.15, 0.2) is 12.4 Å². The smallest absolute Gasteiger partial charge is 0.134 e. The Kier molecular flexibility index (Phi) is 4.82. The fourth-order valence-corrected chi connectivity index (χ4v) is 1.64. The molecule has 0 aliphatic rings. The Hall–Kier alpha value is -0.830. The van der Waals surface area contributed by atoms with Gasteiger partial charge in [0.2, 0.25) is 0 Å². The number of anilines is 1. The van der Waals surface area contributed by atoms with E-state index in [1.54, 1.807) is 6.07 Å². The Morgan fingerprint density at radius 2 is 2.13 bits per heavy atom. The summed E-state index contributed by atoms with van der Waals surface area (Å²) < 4.78 is 0. The second-order valence-corrected chi connectivity index (χ2v) is 4.41. The maximum absolute atomic E-state index is 5.77. The molecule has 3 nitrogen and oxygen atoms in total. The van der Waals surface area contributed by atoms with Crippen LogP contribution in [-0.2, 0) is 0 Å². The Bertz CT molecular complexity index is 304. The van der Waals surface area contributed by atoms with Crippen molar-refractivity contribution < 1.29 is 0 Å². The van der Waals surface area contributed by atoms with Gasteiger partial charge in [0.05, 0.1) is 0 Å². The molecule has 0 aromatic carbocycles. The number of hydrogen-bond acceptors (Lipinski definition) is 3. The van der Waals surface area contributed by atoms with Crippen molar-refractivity contribution in [2.45, 2.75) is 39.7 Å². The molecule has 1 heterocycles. The summed E-state index contributed by atoms with van der Waals surface area (Å²) in [6.45, 7) is 6.62. The van der Waals surface area contributed by atoms with Crippen LogP contribution in [0.5, 0.6) is 0 Å². The Balaban J connectivity index is 2.47. The van der Waals surface area contributed by atoms with Gasteiger partial charge in [-0.1, -0.05) is 31.9 Å². The molecule has 0 fully saturated rings. The normalized spacial score (nSPS) is 14.7. The molecular formula is C11H18ClN3. The summed E-state index contributed by atoms with van der Waals surface area (Å²) in [7, 11) is 0. The first-order valence-electron chi connectivity index (χ1n) is 5.36. The van der Waals surface area contributed by atoms with Crippen molar-refractivity contribution >= 4 is 17.4 Å². The van der Waals surface area contributed by atoms with Crippen LogP contribution in [0.25, 0.3) is 0 Å². The maximum Gasteiger partial charge on any atom is 0.134 e. The number of aromatic nitrogens is 2. The fourth-order valence-electron chi connectivity index (χ4n) is 1.49. The maximum atomic E-state index is 5.77. The van der Waals surface area contributed by atoms with Gasteiger partial charge in [-0.2, -0.15) is 0 Å². The number of hydrogen-bond donors (Lipinski definition) is 1. The average Bonchev–Trinajstić information content (AvgIpc) is 2.17. The van der Waals surface area contributed by atoms with Gasteiger partial charge in [0.25, 0.3) is 0 Å². The molecule has 0 amide bonds. The molecule has 0 aliphatic heterocycles. The Morgan fingerprint density at radius 1 is 1.40 bits per heavy atom. The summed E-state index contributed by atoms with van der Waals surface area (Å²) in [6, 6.07) is 2.15. The quantitative estimate of drug-likeness (QED) is 0.784. The third kappa shape index (κ3) is 4.47. The second-order valence-electron chi connectivity index (χ2n) is 4.02. The second kappa shape index (κ2) is 5.91. The Labute approximate surface area is 96.3 Å². The topological polar surface area (TPSA) is 37.8 Å². The zero-order valence-corrected chi connectivity index (χ0v) is 10.3. The highest BCUT2D eigenvalue weighted by molar-refractivity contribution is 6.29. The van der Waals surface area contributed by atoms with Crippen LogP contribution in [0.1, 0.15) is 33.6 Å². The van der Waals surface area contributed by atoms with Gasteiger partial charge in [-0.15, -0.1) is 0 Å². The van der Waals surface area contributed by atoms with Crippen molar-refractivity contribution in [3.63, 3.8) is 0 Å². The van der Waals surface area contributed by atoms with E-state index in [9.17, 15) is 0 Å². The molecule has 84 valence electrons. The first-order valence-corrected chi connectivity index (χ1v) is 5.73. The predicted molar refractivity (Wildman–Crippen MR) is 64.2 cm³/mol. The van der Waals surface area contributed by atoms with E-state index < -0.39 is 0 Å². The lowest BCUT2D eigenvalue weighted by atomic mass is 10.0. The molecule has 0 saturated carbocycles. The minimum atomic E-state index is 0.408. The van der Waals surface area contributed by atoms with Gasteiger partial charge in [0, 0.05) is 12.1 Å². The highest BCUT2D eigenvalue weighted by Gasteiger charge is 2.07. The molecule has 4 heteroatoms. The molecule has 2 unspecified atom stereocenters. The van der Waals surface area contributed by atoms with E-state index >= 15 is 0 Å². The van der Waals surface area contributed by atoms with E-state index in [4.69, 9.17) is 11.6 Å². The summed E-state index contributed by atoms with van der Waals surface area (Å²) in [5.41, 5.74) is 0. The summed E-state index contributed by atoms with van der Waals surface area (Å²) >= 11 is 5.77. The van der Waals surface area contributed by atoms with Gasteiger partial charge in [-0.25, -0.2) is 9.97 Å². The van der Waals surface area contributed by atoms with Gasteiger partial charge in [-0.3, -0.25) is 0 Å². The molecule has 0 aliphatic carbocycles. The molecule has 0 spiro atoms. The predicted octanol–water partition coefficient (Wildman–Crippen LogP) is 3.37. The van der Waals surface area contributed by atoms with Crippen LogP contribution >= 0.6 is 11.6 Å². The van der Waals surface area contributed by atoms with Crippen LogP contribution in [-0.4, -0.2) is 16.0 Å². The molecule has 1 rings (SSSR count). The molecule has 15 heavy (non-hydrogen) atoms. The summed E-state index contributed by atoms with van der Waals surface area (Å²) in [5, 5.41) is 3.79. The minimum Gasteiger partial charge on any atom is -0.367 e. The molecule has 2 atom stereocenters. The molecule has 1 aromatic rings. The highest BCUT2D eigenvalue weighted by Crippen LogP contribution is 2.14. The molecule has 1 aromatic heterocycles. The molecule has 1 N–H and O–H groups in total. The third-order valence-corrected chi connectivity index (χ3v) is 2.69. The molecule has 0 saturated heterocycles. The number of nitrogens with zero attached hydrogens (tertiary/aromatic N) is 2. The fraction of sp³-hybridized carbons (Fsp3) is 0.636. The largest absolute Gasteiger partial charge is 0.367 e. The first-order chi connectivity index (χ1) is 7.11. The third-order valence-electron chi connectivity index (χ3n) is 2.48. The van der Waals surface area contributed by atoms with Crippen molar-refractivity contribution in [2.24, 2.45) is 5.92 Å². The molecular weight excluding hydrogens is 210 g/mol. The zero-order chi connectivity index (χ0) is 11.3. The van der Waals surface area contributed by atoms with Crippen LogP contribution in [0.2, 0.25) is 5.15 Å². The first kappa shape index (κ1) is 12.2. The average molecular weight is 228 g/mol. The lowest BCUT2D eigenvalue weighted by Gasteiger charge is -2.17. The lowest BCUT2D eigenvalue weighted by molar-refractivity contribution is 0.483. The van der Waals surface area contributed by atoms with E-state index in [0.29, 0.717) is 11.2 Å². The lowest BCUT2D eigenvalue weighted by Crippen LogP contribution is -2.18. The van der Waals surface area contributed by atoms with Gasteiger partial charge >= 0.3 is 0 Å². The van der Waals surface area contributed by atoms with Crippen molar-refractivity contribution in [3.8, 4) is 0 Å². The van der Waals surface area contributed by atoms with Gasteiger partial charge in [-0.05, 0) is 19.3 Å². The minimum absolute atomic E-state index is 0.408. The summed E-state index contributed by atoms with van der Waals surface area (Å²) in [6.07, 6.45) is 3.81. The number of nitrogens with one attached hydrogen (secondary N) is 1. The standard InChI is InChI=1S/C11H18ClN3/c1-4-8(2)5-9(3)15-11-6-10(12)13-7-14-11/h6-9H,4-5H2,1-3H3,(H,13,14,15). The molecule has 0 bridgehead atoms. The monoisotopic (exact) mass is 227 g/mol. The van der Waals surface area contributed by atoms with E-state index in [1.807, 2.05) is 0 Å². The Morgan fingerprint density at radius 3 is 2.73 bits per heavy atom. The van der Waals surface area contributed by atoms with Gasteiger partial charge < -0.3 is 5.32 Å². The van der Waals surface area contributed by atoms with E-state index in [1.165, 1.54) is 12.7 Å². The van der Waals surface area contributed by atoms with E-state index in [2.05, 4.69) is 36.1 Å². The van der Waals surface area contributed by atoms with E-state index in [0.717, 1.165) is 18.2 Å². The van der Waals surface area contributed by atoms with Crippen molar-refractivity contribution in [3.05, 3.63) is 17.5 Å². The van der Waals surface area contributed by atoms with Gasteiger partial charge in [0.1, 0.15) is 17.3 Å². The number of rotatable bonds is 5. The zero-order valence-electron chi connectivity index (χ0n) is 9.50. The van der Waals surface area contributed by atoms with Crippen molar-refractivity contribution in [1.29, 1.82) is 0 Å². The van der Waals surface area contributed by atoms with Crippen LogP contribution < -0.4 is 5.32 Å². The van der Waals surface area contributed by atoms with Crippen molar-refractivity contribution in [1.82, 2.24) is 9.97 Å². The highest BCUT2D eigenvalue weighted by atomic mass is 35.5. The SMILES string of the molecule is CCC(C)CC(C)Nc1cc(Cl)ncn1. The van der Waals surface area contributed by atoms with E-state index in [-0.39, 0.29) is 0 Å². The summed E-state index contributed by atoms with van der Waals surface area (Å²) in [4.78, 5) is 7.94. The number of halogens is 1. The van der Waals surface area contributed by atoms with Crippen molar-refractivity contribution in [2.75, 3.05) is 5.32 Å². The molecule has 0 radical (unpaired) electrons. The summed E-state index contributed by atoms with van der Waals surface area (Å²) in [5.74, 6) is 1.52. The van der Waals surface area contributed by atoms with Gasteiger partial charge in [0.15, 0.2) is 0 Å². The van der Waals surface area contributed by atoms with Crippen LogP contribution in [0, 0.1) is 5.92 Å².